The van der Waals surface area contributed by atoms with Crippen molar-refractivity contribution < 1.29 is 18.3 Å². The SMILES string of the molecule is COC(=O)c1sc2nc(C(F)F)cc(C)c2c1N. The van der Waals surface area contributed by atoms with Crippen LogP contribution in [-0.2, 0) is 4.74 Å². The lowest BCUT2D eigenvalue weighted by Crippen LogP contribution is -2.01. The van der Waals surface area contributed by atoms with E-state index in [2.05, 4.69) is 9.72 Å². The molecule has 0 fully saturated rings. The summed E-state index contributed by atoms with van der Waals surface area (Å²) in [5.74, 6) is -0.589. The van der Waals surface area contributed by atoms with E-state index in [0.717, 1.165) is 11.3 Å². The van der Waals surface area contributed by atoms with Crippen molar-refractivity contribution >= 4 is 33.2 Å². The van der Waals surface area contributed by atoms with Crippen molar-refractivity contribution in [3.63, 3.8) is 0 Å². The highest BCUT2D eigenvalue weighted by Crippen LogP contribution is 2.36. The number of nitrogens with zero attached hydrogens (tertiary/aromatic N) is 1. The van der Waals surface area contributed by atoms with Gasteiger partial charge in [0.15, 0.2) is 0 Å². The number of rotatable bonds is 2. The predicted octanol–water partition coefficient (Wildman–Crippen LogP) is 2.91. The Bertz CT molecular complexity index is 625. The average molecular weight is 272 g/mol. The fraction of sp³-hybridized carbons (Fsp3) is 0.273. The maximum Gasteiger partial charge on any atom is 0.350 e. The third-order valence-electron chi connectivity index (χ3n) is 2.51. The lowest BCUT2D eigenvalue weighted by molar-refractivity contribution is 0.0607. The number of carbonyl (C=O) groups excluding carboxylic acids is 1. The van der Waals surface area contributed by atoms with Crippen LogP contribution in [0.4, 0.5) is 14.5 Å². The van der Waals surface area contributed by atoms with Crippen molar-refractivity contribution in [2.45, 2.75) is 13.3 Å². The van der Waals surface area contributed by atoms with E-state index < -0.39 is 12.4 Å². The molecule has 0 spiro atoms. The van der Waals surface area contributed by atoms with Gasteiger partial charge >= 0.3 is 5.97 Å². The number of nitrogen functional groups attached to an aromatic ring is 1. The number of nitrogens with two attached hydrogens (primary N) is 1. The Kier molecular flexibility index (Phi) is 3.16. The van der Waals surface area contributed by atoms with Crippen LogP contribution in [0.2, 0.25) is 0 Å². The maximum absolute atomic E-state index is 12.6. The highest BCUT2D eigenvalue weighted by Gasteiger charge is 2.21. The minimum Gasteiger partial charge on any atom is -0.465 e. The second-order valence-corrected chi connectivity index (χ2v) is 4.68. The van der Waals surface area contributed by atoms with Crippen molar-refractivity contribution in [1.29, 1.82) is 0 Å². The third kappa shape index (κ3) is 1.90. The summed E-state index contributed by atoms with van der Waals surface area (Å²) < 4.78 is 29.8. The number of esters is 1. The Morgan fingerprint density at radius 1 is 1.56 bits per heavy atom. The minimum atomic E-state index is -2.65. The van der Waals surface area contributed by atoms with Gasteiger partial charge in [-0.3, -0.25) is 0 Å². The van der Waals surface area contributed by atoms with Crippen molar-refractivity contribution in [2.24, 2.45) is 0 Å². The molecule has 0 unspecified atom stereocenters. The van der Waals surface area contributed by atoms with E-state index >= 15 is 0 Å². The lowest BCUT2D eigenvalue weighted by atomic mass is 10.1. The van der Waals surface area contributed by atoms with E-state index in [1.807, 2.05) is 0 Å². The molecule has 96 valence electrons. The molecule has 2 aromatic heterocycles. The molecule has 0 aromatic carbocycles. The zero-order valence-electron chi connectivity index (χ0n) is 9.66. The molecule has 2 heterocycles. The molecule has 0 atom stereocenters. The van der Waals surface area contributed by atoms with Gasteiger partial charge in [0.2, 0.25) is 0 Å². The number of hydrogen-bond donors (Lipinski definition) is 1. The van der Waals surface area contributed by atoms with Crippen LogP contribution in [0.15, 0.2) is 6.07 Å². The summed E-state index contributed by atoms with van der Waals surface area (Å²) in [4.78, 5) is 15.8. The third-order valence-corrected chi connectivity index (χ3v) is 3.59. The smallest absolute Gasteiger partial charge is 0.350 e. The molecule has 0 saturated heterocycles. The van der Waals surface area contributed by atoms with Crippen molar-refractivity contribution in [1.82, 2.24) is 4.98 Å². The monoisotopic (exact) mass is 272 g/mol. The van der Waals surface area contributed by atoms with Gasteiger partial charge in [0.1, 0.15) is 15.4 Å². The Morgan fingerprint density at radius 2 is 2.22 bits per heavy atom. The molecule has 0 radical (unpaired) electrons. The number of alkyl halides is 2. The molecule has 0 aliphatic carbocycles. The van der Waals surface area contributed by atoms with Crippen molar-refractivity contribution in [3.8, 4) is 0 Å². The molecular weight excluding hydrogens is 262 g/mol. The summed E-state index contributed by atoms with van der Waals surface area (Å²) in [6.07, 6.45) is -2.65. The summed E-state index contributed by atoms with van der Waals surface area (Å²) in [7, 11) is 1.23. The molecule has 4 nitrogen and oxygen atoms in total. The van der Waals surface area contributed by atoms with E-state index in [1.54, 1.807) is 6.92 Å². The number of hydrogen-bond acceptors (Lipinski definition) is 5. The first-order valence-electron chi connectivity index (χ1n) is 5.01. The molecule has 18 heavy (non-hydrogen) atoms. The van der Waals surface area contributed by atoms with Crippen molar-refractivity contribution in [3.05, 3.63) is 22.2 Å². The zero-order valence-corrected chi connectivity index (χ0v) is 10.5. The van der Waals surface area contributed by atoms with E-state index in [4.69, 9.17) is 5.73 Å². The molecule has 7 heteroatoms. The first kappa shape index (κ1) is 12.7. The maximum atomic E-state index is 12.6. The van der Waals surface area contributed by atoms with Crippen LogP contribution >= 0.6 is 11.3 Å². The largest absolute Gasteiger partial charge is 0.465 e. The summed E-state index contributed by atoms with van der Waals surface area (Å²) in [6.45, 7) is 1.65. The molecule has 0 aliphatic rings. The fourth-order valence-corrected chi connectivity index (χ4v) is 2.79. The van der Waals surface area contributed by atoms with E-state index in [1.165, 1.54) is 13.2 Å². The molecular formula is C11H10F2N2O2S. The van der Waals surface area contributed by atoms with Gasteiger partial charge in [-0.15, -0.1) is 11.3 Å². The quantitative estimate of drug-likeness (QED) is 0.854. The summed E-state index contributed by atoms with van der Waals surface area (Å²) >= 11 is 0.958. The summed E-state index contributed by atoms with van der Waals surface area (Å²) in [5, 5.41) is 0.532. The van der Waals surface area contributed by atoms with Crippen LogP contribution in [0.25, 0.3) is 10.2 Å². The Labute approximate surface area is 105 Å². The molecule has 0 amide bonds. The van der Waals surface area contributed by atoms with Crippen LogP contribution in [0, 0.1) is 6.92 Å². The second kappa shape index (κ2) is 4.49. The highest BCUT2D eigenvalue weighted by atomic mass is 32.1. The second-order valence-electron chi connectivity index (χ2n) is 3.68. The number of aryl methyl sites for hydroxylation is 1. The van der Waals surface area contributed by atoms with Gasteiger partial charge in [-0.1, -0.05) is 0 Å². The lowest BCUT2D eigenvalue weighted by Gasteiger charge is -2.02. The molecule has 2 aromatic rings. The Balaban J connectivity index is 2.72. The molecule has 2 N–H and O–H groups in total. The number of methoxy groups -OCH3 is 1. The van der Waals surface area contributed by atoms with Gasteiger partial charge in [0, 0.05) is 5.39 Å². The molecule has 0 aliphatic heterocycles. The minimum absolute atomic E-state index is 0.189. The highest BCUT2D eigenvalue weighted by molar-refractivity contribution is 7.21. The normalized spacial score (nSPS) is 11.2. The Hall–Kier alpha value is -1.76. The summed E-state index contributed by atoms with van der Waals surface area (Å²) in [6, 6.07) is 1.27. The van der Waals surface area contributed by atoms with Crippen LogP contribution in [0.1, 0.15) is 27.4 Å². The molecule has 0 saturated carbocycles. The Morgan fingerprint density at radius 3 is 2.78 bits per heavy atom. The van der Waals surface area contributed by atoms with E-state index in [9.17, 15) is 13.6 Å². The van der Waals surface area contributed by atoms with Gasteiger partial charge in [-0.05, 0) is 18.6 Å². The number of ether oxygens (including phenoxy) is 1. The van der Waals surface area contributed by atoms with Crippen LogP contribution < -0.4 is 5.73 Å². The molecule has 0 bridgehead atoms. The number of halogens is 2. The van der Waals surface area contributed by atoms with Crippen LogP contribution in [0.5, 0.6) is 0 Å². The summed E-state index contributed by atoms with van der Waals surface area (Å²) in [5.41, 5.74) is 6.30. The number of carbonyl (C=O) groups is 1. The van der Waals surface area contributed by atoms with Crippen LogP contribution in [0.3, 0.4) is 0 Å². The number of pyridine rings is 1. The number of fused-ring (bicyclic) bond motifs is 1. The first-order chi connectivity index (χ1) is 8.45. The van der Waals surface area contributed by atoms with Gasteiger partial charge in [0.05, 0.1) is 12.8 Å². The van der Waals surface area contributed by atoms with Crippen LogP contribution in [-0.4, -0.2) is 18.1 Å². The number of aromatic nitrogens is 1. The van der Waals surface area contributed by atoms with Gasteiger partial charge in [-0.25, -0.2) is 18.6 Å². The zero-order chi connectivity index (χ0) is 13.4. The van der Waals surface area contributed by atoms with Gasteiger partial charge in [0.25, 0.3) is 6.43 Å². The first-order valence-corrected chi connectivity index (χ1v) is 5.83. The van der Waals surface area contributed by atoms with Gasteiger partial charge < -0.3 is 10.5 Å². The van der Waals surface area contributed by atoms with E-state index in [0.29, 0.717) is 15.8 Å². The standard InChI is InChI=1S/C11H10F2N2O2S/c1-4-3-5(9(12)13)15-10-6(4)7(14)8(18-10)11(16)17-2/h3,9H,14H2,1-2H3. The van der Waals surface area contributed by atoms with Crippen molar-refractivity contribution in [2.75, 3.05) is 12.8 Å². The van der Waals surface area contributed by atoms with E-state index in [-0.39, 0.29) is 16.3 Å². The fourth-order valence-electron chi connectivity index (χ4n) is 1.69. The topological polar surface area (TPSA) is 65.2 Å². The molecule has 2 rings (SSSR count). The number of anilines is 1. The van der Waals surface area contributed by atoms with Gasteiger partial charge in [-0.2, -0.15) is 0 Å². The average Bonchev–Trinajstić information content (AvgIpc) is 2.66. The predicted molar refractivity (Wildman–Crippen MR) is 65.1 cm³/mol. The number of thiophene rings is 1.